The lowest BCUT2D eigenvalue weighted by Crippen LogP contribution is -2.36. The Morgan fingerprint density at radius 2 is 1.87 bits per heavy atom. The summed E-state index contributed by atoms with van der Waals surface area (Å²) in [5, 5.41) is 11.5. The highest BCUT2D eigenvalue weighted by Gasteiger charge is 2.13. The van der Waals surface area contributed by atoms with E-state index < -0.39 is 0 Å². The summed E-state index contributed by atoms with van der Waals surface area (Å²) < 4.78 is 10.9. The van der Waals surface area contributed by atoms with E-state index in [1.54, 1.807) is 0 Å². The lowest BCUT2D eigenvalue weighted by Gasteiger charge is -2.27. The lowest BCUT2D eigenvalue weighted by atomic mass is 10.1. The molecule has 2 heterocycles. The predicted molar refractivity (Wildman–Crippen MR) is 116 cm³/mol. The molecular weight excluding hydrogens is 380 g/mol. The minimum absolute atomic E-state index is 0.0420. The molecule has 2 aromatic carbocycles. The van der Waals surface area contributed by atoms with Crippen LogP contribution in [0, 0.1) is 6.92 Å². The predicted octanol–water partition coefficient (Wildman–Crippen LogP) is 3.31. The van der Waals surface area contributed by atoms with Crippen LogP contribution in [0.5, 0.6) is 5.75 Å². The molecule has 1 N–H and O–H groups in total. The van der Waals surface area contributed by atoms with E-state index in [9.17, 15) is 4.79 Å². The van der Waals surface area contributed by atoms with Crippen molar-refractivity contribution in [2.75, 3.05) is 43.1 Å². The van der Waals surface area contributed by atoms with Gasteiger partial charge >= 0.3 is 0 Å². The van der Waals surface area contributed by atoms with Crippen LogP contribution in [0.25, 0.3) is 11.3 Å². The number of anilines is 2. The number of benzene rings is 2. The first-order chi connectivity index (χ1) is 14.7. The number of aryl methyl sites for hydroxylation is 1. The normalized spacial score (nSPS) is 13.7. The van der Waals surface area contributed by atoms with Crippen molar-refractivity contribution in [1.82, 2.24) is 10.2 Å². The molecule has 0 atom stereocenters. The van der Waals surface area contributed by atoms with Gasteiger partial charge < -0.3 is 19.7 Å². The Hall–Kier alpha value is -3.45. The fourth-order valence-electron chi connectivity index (χ4n) is 3.22. The number of ether oxygens (including phenoxy) is 2. The Bertz CT molecular complexity index is 984. The average molecular weight is 404 g/mol. The Labute approximate surface area is 175 Å². The summed E-state index contributed by atoms with van der Waals surface area (Å²) in [5.74, 6) is 1.33. The van der Waals surface area contributed by atoms with Gasteiger partial charge in [-0.05, 0) is 48.9 Å². The van der Waals surface area contributed by atoms with E-state index in [1.807, 2.05) is 67.6 Å². The van der Waals surface area contributed by atoms with Crippen LogP contribution >= 0.6 is 0 Å². The molecule has 7 nitrogen and oxygen atoms in total. The molecule has 0 saturated carbocycles. The zero-order valence-electron chi connectivity index (χ0n) is 16.9. The van der Waals surface area contributed by atoms with Gasteiger partial charge in [0, 0.05) is 24.3 Å². The number of morpholine rings is 1. The molecule has 0 spiro atoms. The number of carbonyl (C=O) groups excluding carboxylic acids is 1. The summed E-state index contributed by atoms with van der Waals surface area (Å²) in [7, 11) is 0. The van der Waals surface area contributed by atoms with Crippen molar-refractivity contribution in [3.63, 3.8) is 0 Å². The molecule has 1 saturated heterocycles. The molecule has 4 rings (SSSR count). The maximum Gasteiger partial charge on any atom is 0.262 e. The van der Waals surface area contributed by atoms with E-state index >= 15 is 0 Å². The van der Waals surface area contributed by atoms with Crippen LogP contribution in [0.15, 0.2) is 60.7 Å². The number of amides is 1. The molecule has 0 bridgehead atoms. The maximum absolute atomic E-state index is 12.1. The van der Waals surface area contributed by atoms with Crippen LogP contribution in [0.1, 0.15) is 5.56 Å². The highest BCUT2D eigenvalue weighted by molar-refractivity contribution is 5.92. The molecule has 1 aliphatic rings. The molecule has 30 heavy (non-hydrogen) atoms. The van der Waals surface area contributed by atoms with Crippen molar-refractivity contribution >= 4 is 17.4 Å². The Kier molecular flexibility index (Phi) is 6.20. The first kappa shape index (κ1) is 19.8. The molecule has 1 aromatic heterocycles. The first-order valence-electron chi connectivity index (χ1n) is 9.93. The Balaban J connectivity index is 1.32. The number of nitrogens with one attached hydrogen (secondary N) is 1. The van der Waals surface area contributed by atoms with Gasteiger partial charge in [-0.15, -0.1) is 10.2 Å². The van der Waals surface area contributed by atoms with E-state index in [2.05, 4.69) is 20.4 Å². The topological polar surface area (TPSA) is 76.6 Å². The monoisotopic (exact) mass is 404 g/mol. The quantitative estimate of drug-likeness (QED) is 0.679. The van der Waals surface area contributed by atoms with Crippen molar-refractivity contribution in [3.05, 3.63) is 66.2 Å². The van der Waals surface area contributed by atoms with E-state index in [-0.39, 0.29) is 12.5 Å². The number of carbonyl (C=O) groups is 1. The van der Waals surface area contributed by atoms with Crippen LogP contribution in [0.4, 0.5) is 11.5 Å². The smallest absolute Gasteiger partial charge is 0.262 e. The van der Waals surface area contributed by atoms with Crippen LogP contribution in [0.3, 0.4) is 0 Å². The van der Waals surface area contributed by atoms with Gasteiger partial charge in [0.2, 0.25) is 0 Å². The fraction of sp³-hybridized carbons (Fsp3) is 0.261. The van der Waals surface area contributed by atoms with Crippen molar-refractivity contribution < 1.29 is 14.3 Å². The molecule has 1 fully saturated rings. The summed E-state index contributed by atoms with van der Waals surface area (Å²) in [6, 6.07) is 19.1. The summed E-state index contributed by atoms with van der Waals surface area (Å²) in [6.07, 6.45) is 0. The van der Waals surface area contributed by atoms with E-state index in [0.717, 1.165) is 35.7 Å². The summed E-state index contributed by atoms with van der Waals surface area (Å²) in [6.45, 7) is 5.03. The number of hydrogen-bond acceptors (Lipinski definition) is 6. The summed E-state index contributed by atoms with van der Waals surface area (Å²) in [5.41, 5.74) is 3.51. The molecule has 0 unspecified atom stereocenters. The van der Waals surface area contributed by atoms with Crippen molar-refractivity contribution in [1.29, 1.82) is 0 Å². The third-order valence-corrected chi connectivity index (χ3v) is 4.81. The average Bonchev–Trinajstić information content (AvgIpc) is 2.79. The lowest BCUT2D eigenvalue weighted by molar-refractivity contribution is -0.118. The second kappa shape index (κ2) is 9.37. The van der Waals surface area contributed by atoms with Gasteiger partial charge in [0.15, 0.2) is 12.4 Å². The highest BCUT2D eigenvalue weighted by Crippen LogP contribution is 2.21. The van der Waals surface area contributed by atoms with E-state index in [4.69, 9.17) is 9.47 Å². The van der Waals surface area contributed by atoms with Crippen LogP contribution in [-0.2, 0) is 9.53 Å². The molecule has 7 heteroatoms. The zero-order chi connectivity index (χ0) is 20.8. The van der Waals surface area contributed by atoms with E-state index in [1.165, 1.54) is 0 Å². The van der Waals surface area contributed by atoms with Gasteiger partial charge in [0.1, 0.15) is 5.75 Å². The van der Waals surface area contributed by atoms with Crippen LogP contribution in [-0.4, -0.2) is 49.0 Å². The molecule has 0 aliphatic carbocycles. The standard InChI is InChI=1S/C23H24N4O3/c1-17-3-2-4-20(15-17)30-16-23(28)24-19-7-5-18(6-8-19)21-9-10-22(26-25-21)27-11-13-29-14-12-27/h2-10,15H,11-14,16H2,1H3,(H,24,28). The number of rotatable bonds is 6. The minimum atomic E-state index is -0.209. The summed E-state index contributed by atoms with van der Waals surface area (Å²) >= 11 is 0. The second-order valence-electron chi connectivity index (χ2n) is 7.11. The third kappa shape index (κ3) is 5.12. The maximum atomic E-state index is 12.1. The summed E-state index contributed by atoms with van der Waals surface area (Å²) in [4.78, 5) is 14.3. The fourth-order valence-corrected chi connectivity index (χ4v) is 3.22. The molecular formula is C23H24N4O3. The second-order valence-corrected chi connectivity index (χ2v) is 7.11. The number of aromatic nitrogens is 2. The third-order valence-electron chi connectivity index (χ3n) is 4.81. The Morgan fingerprint density at radius 1 is 1.07 bits per heavy atom. The van der Waals surface area contributed by atoms with Gasteiger partial charge in [0.05, 0.1) is 18.9 Å². The largest absolute Gasteiger partial charge is 0.484 e. The highest BCUT2D eigenvalue weighted by atomic mass is 16.5. The minimum Gasteiger partial charge on any atom is -0.484 e. The zero-order valence-corrected chi connectivity index (χ0v) is 16.9. The number of nitrogens with zero attached hydrogens (tertiary/aromatic N) is 3. The molecule has 1 amide bonds. The number of hydrogen-bond donors (Lipinski definition) is 1. The van der Waals surface area contributed by atoms with Gasteiger partial charge in [-0.25, -0.2) is 0 Å². The van der Waals surface area contributed by atoms with Crippen LogP contribution in [0.2, 0.25) is 0 Å². The first-order valence-corrected chi connectivity index (χ1v) is 9.93. The van der Waals surface area contributed by atoms with Gasteiger partial charge in [-0.2, -0.15) is 0 Å². The van der Waals surface area contributed by atoms with Gasteiger partial charge in [-0.3, -0.25) is 4.79 Å². The molecule has 1 aliphatic heterocycles. The molecule has 3 aromatic rings. The van der Waals surface area contributed by atoms with Crippen molar-refractivity contribution in [2.45, 2.75) is 6.92 Å². The SMILES string of the molecule is Cc1cccc(OCC(=O)Nc2ccc(-c3ccc(N4CCOCC4)nn3)cc2)c1. The Morgan fingerprint density at radius 3 is 2.57 bits per heavy atom. The van der Waals surface area contributed by atoms with E-state index in [0.29, 0.717) is 24.7 Å². The van der Waals surface area contributed by atoms with Crippen LogP contribution < -0.4 is 15.0 Å². The van der Waals surface area contributed by atoms with Gasteiger partial charge in [-0.1, -0.05) is 24.3 Å². The van der Waals surface area contributed by atoms with Gasteiger partial charge in [0.25, 0.3) is 5.91 Å². The molecule has 0 radical (unpaired) electrons. The van der Waals surface area contributed by atoms with Crippen molar-refractivity contribution in [2.24, 2.45) is 0 Å². The van der Waals surface area contributed by atoms with Crippen molar-refractivity contribution in [3.8, 4) is 17.0 Å². The molecule has 154 valence electrons.